The van der Waals surface area contributed by atoms with Crippen LogP contribution in [0.1, 0.15) is 24.8 Å². The Bertz CT molecular complexity index is 1350. The zero-order valence-electron chi connectivity index (χ0n) is 19.5. The van der Waals surface area contributed by atoms with Crippen LogP contribution in [0.3, 0.4) is 0 Å². The van der Waals surface area contributed by atoms with E-state index in [2.05, 4.69) is 20.8 Å². The van der Waals surface area contributed by atoms with Gasteiger partial charge >= 0.3 is 5.51 Å². The summed E-state index contributed by atoms with van der Waals surface area (Å²) in [6.07, 6.45) is -1.89. The van der Waals surface area contributed by atoms with E-state index < -0.39 is 29.9 Å². The molecule has 0 aliphatic carbocycles. The molecular formula is C22H21F4N5O4S2. The first kappa shape index (κ1) is 25.7. The molecule has 0 saturated carbocycles. The molecule has 15 heteroatoms. The minimum atomic E-state index is -4.60. The van der Waals surface area contributed by atoms with Crippen LogP contribution in [0.5, 0.6) is 0 Å². The van der Waals surface area contributed by atoms with Crippen molar-refractivity contribution in [1.29, 1.82) is 0 Å². The summed E-state index contributed by atoms with van der Waals surface area (Å²) in [6.45, 7) is -0.0788. The van der Waals surface area contributed by atoms with Gasteiger partial charge < -0.3 is 24.8 Å². The Hall–Kier alpha value is -2.91. The fourth-order valence-electron chi connectivity index (χ4n) is 4.36. The molecule has 0 spiro atoms. The molecule has 2 amide bonds. The van der Waals surface area contributed by atoms with Gasteiger partial charge in [0.2, 0.25) is 23.5 Å². The number of methoxy groups -OCH3 is 1. The number of amides is 2. The Morgan fingerprint density at radius 2 is 2.11 bits per heavy atom. The van der Waals surface area contributed by atoms with E-state index in [9.17, 15) is 27.2 Å². The molecule has 2 aliphatic rings. The first-order valence-electron chi connectivity index (χ1n) is 11.2. The highest BCUT2D eigenvalue weighted by atomic mass is 32.2. The number of halogens is 4. The molecule has 5 rings (SSSR count). The summed E-state index contributed by atoms with van der Waals surface area (Å²) in [7, 11) is 2.91. The van der Waals surface area contributed by atoms with Crippen molar-refractivity contribution in [1.82, 2.24) is 20.4 Å². The Morgan fingerprint density at radius 3 is 2.81 bits per heavy atom. The second-order valence-electron chi connectivity index (χ2n) is 8.71. The number of carbonyl (C=O) groups excluding carboxylic acids is 2. The average molecular weight is 560 g/mol. The van der Waals surface area contributed by atoms with Crippen LogP contribution in [0.4, 0.5) is 23.2 Å². The van der Waals surface area contributed by atoms with Crippen LogP contribution in [-0.4, -0.2) is 71.4 Å². The third-order valence-corrected chi connectivity index (χ3v) is 8.44. The van der Waals surface area contributed by atoms with Gasteiger partial charge in [0.1, 0.15) is 18.3 Å². The number of anilines is 1. The normalized spacial score (nSPS) is 24.6. The molecule has 37 heavy (non-hydrogen) atoms. The summed E-state index contributed by atoms with van der Waals surface area (Å²) in [5, 5.41) is 9.85. The molecule has 4 heterocycles. The number of carbonyl (C=O) groups is 2. The zero-order valence-corrected chi connectivity index (χ0v) is 21.1. The van der Waals surface area contributed by atoms with E-state index in [1.54, 1.807) is 12.1 Å². The minimum absolute atomic E-state index is 0.0479. The third-order valence-electron chi connectivity index (χ3n) is 6.22. The van der Waals surface area contributed by atoms with Crippen LogP contribution in [0, 0.1) is 0 Å². The molecular weight excluding hydrogens is 538 g/mol. The van der Waals surface area contributed by atoms with Crippen LogP contribution in [0.25, 0.3) is 20.8 Å². The van der Waals surface area contributed by atoms with Gasteiger partial charge in [-0.25, -0.2) is 4.39 Å². The monoisotopic (exact) mass is 559 g/mol. The minimum Gasteiger partial charge on any atom is -0.378 e. The molecule has 2 aromatic heterocycles. The lowest BCUT2D eigenvalue weighted by Gasteiger charge is -2.33. The number of aromatic nitrogens is 2. The maximum Gasteiger partial charge on any atom is 0.446 e. The fraction of sp³-hybridized carbons (Fsp3) is 0.455. The molecule has 1 aromatic carbocycles. The number of alkyl halides is 4. The van der Waals surface area contributed by atoms with Gasteiger partial charge in [0.05, 0.1) is 27.9 Å². The maximum atomic E-state index is 14.7. The second-order valence-corrected chi connectivity index (χ2v) is 10.8. The van der Waals surface area contributed by atoms with E-state index in [-0.39, 0.29) is 69.8 Å². The zero-order chi connectivity index (χ0) is 26.5. The lowest BCUT2D eigenvalue weighted by molar-refractivity contribution is -0.134. The highest BCUT2D eigenvalue weighted by molar-refractivity contribution is 8.00. The molecule has 2 N–H and O–H groups in total. The van der Waals surface area contributed by atoms with Crippen molar-refractivity contribution in [2.45, 2.75) is 47.6 Å². The van der Waals surface area contributed by atoms with Gasteiger partial charge in [-0.1, -0.05) is 17.3 Å². The van der Waals surface area contributed by atoms with Gasteiger partial charge in [0.15, 0.2) is 0 Å². The number of benzene rings is 1. The van der Waals surface area contributed by atoms with Crippen LogP contribution < -0.4 is 10.6 Å². The topological polar surface area (TPSA) is 110 Å². The number of ether oxygens (including phenoxy) is 1. The molecule has 2 fully saturated rings. The van der Waals surface area contributed by atoms with Gasteiger partial charge in [-0.05, 0) is 17.8 Å². The van der Waals surface area contributed by atoms with E-state index >= 15 is 0 Å². The molecule has 2 saturated heterocycles. The lowest BCUT2D eigenvalue weighted by atomic mass is 10.0. The molecule has 0 bridgehead atoms. The molecule has 0 unspecified atom stereocenters. The van der Waals surface area contributed by atoms with Crippen molar-refractivity contribution in [3.05, 3.63) is 24.1 Å². The number of piperidine rings is 1. The Labute approximate surface area is 215 Å². The smallest absolute Gasteiger partial charge is 0.378 e. The van der Waals surface area contributed by atoms with Crippen molar-refractivity contribution in [3.8, 4) is 10.7 Å². The van der Waals surface area contributed by atoms with Crippen molar-refractivity contribution in [2.24, 2.45) is 0 Å². The van der Waals surface area contributed by atoms with Crippen molar-refractivity contribution in [3.63, 3.8) is 0 Å². The number of hydrogen-bond acceptors (Lipinski definition) is 9. The fourth-order valence-corrected chi connectivity index (χ4v) is 6.47. The highest BCUT2D eigenvalue weighted by Gasteiger charge is 2.38. The molecule has 4 atom stereocenters. The standard InChI is InChI=1S/C22H21F4N5O4S2/c1-31-8-10(23)12(7-15(31)32)27-11-5-3-4-9-16(11)36-18(17(9)37-22(24,25)26)19-29-21(35-30-19)13-6-14(34-2)20(33)28-13/h3-5,10,12-14,27H,6-8H2,1-2H3,(H,28,33)/t10-,12+,13+,14-/m0/s1. The van der Waals surface area contributed by atoms with Gasteiger partial charge in [-0.3, -0.25) is 9.59 Å². The van der Waals surface area contributed by atoms with Gasteiger partial charge in [0.25, 0.3) is 0 Å². The summed E-state index contributed by atoms with van der Waals surface area (Å²) < 4.78 is 66.2. The van der Waals surface area contributed by atoms with Crippen LogP contribution in [0.15, 0.2) is 27.6 Å². The largest absolute Gasteiger partial charge is 0.446 e. The van der Waals surface area contributed by atoms with Crippen molar-refractivity contribution >= 4 is 50.7 Å². The summed E-state index contributed by atoms with van der Waals surface area (Å²) >= 11 is 0.695. The number of hydrogen-bond donors (Lipinski definition) is 2. The number of thiophene rings is 1. The summed E-state index contributed by atoms with van der Waals surface area (Å²) in [5.41, 5.74) is -4.20. The molecule has 0 radical (unpaired) electrons. The summed E-state index contributed by atoms with van der Waals surface area (Å²) in [6, 6.07) is 3.26. The van der Waals surface area contributed by atoms with Gasteiger partial charge in [0, 0.05) is 37.3 Å². The van der Waals surface area contributed by atoms with Crippen LogP contribution in [-0.2, 0) is 14.3 Å². The number of thioether (sulfide) groups is 1. The summed E-state index contributed by atoms with van der Waals surface area (Å²) in [5.74, 6) is -0.599. The predicted octanol–water partition coefficient (Wildman–Crippen LogP) is 4.12. The quantitative estimate of drug-likeness (QED) is 0.343. The van der Waals surface area contributed by atoms with E-state index in [1.165, 1.54) is 25.1 Å². The predicted molar refractivity (Wildman–Crippen MR) is 128 cm³/mol. The molecule has 2 aliphatic heterocycles. The van der Waals surface area contributed by atoms with Gasteiger partial charge in [-0.15, -0.1) is 11.3 Å². The van der Waals surface area contributed by atoms with Gasteiger partial charge in [-0.2, -0.15) is 18.2 Å². The highest BCUT2D eigenvalue weighted by Crippen LogP contribution is 2.51. The Balaban J connectivity index is 1.52. The van der Waals surface area contributed by atoms with E-state index in [1.807, 2.05) is 0 Å². The number of fused-ring (bicyclic) bond motifs is 1. The first-order valence-corrected chi connectivity index (χ1v) is 12.8. The molecule has 198 valence electrons. The molecule has 9 nitrogen and oxygen atoms in total. The van der Waals surface area contributed by atoms with E-state index in [4.69, 9.17) is 9.26 Å². The summed E-state index contributed by atoms with van der Waals surface area (Å²) in [4.78, 5) is 29.6. The number of nitrogens with one attached hydrogen (secondary N) is 2. The van der Waals surface area contributed by atoms with Crippen LogP contribution in [0.2, 0.25) is 0 Å². The number of rotatable bonds is 6. The average Bonchev–Trinajstić information content (AvgIpc) is 3.54. The first-order chi connectivity index (χ1) is 17.5. The van der Waals surface area contributed by atoms with E-state index in [0.717, 1.165) is 11.3 Å². The Morgan fingerprint density at radius 1 is 1.32 bits per heavy atom. The van der Waals surface area contributed by atoms with Crippen molar-refractivity contribution in [2.75, 3.05) is 26.0 Å². The second kappa shape index (κ2) is 9.76. The molecule has 3 aromatic rings. The number of nitrogens with zero attached hydrogens (tertiary/aromatic N) is 3. The SMILES string of the molecule is CO[C@H]1C[C@H](c2nc(-c3sc4c(N[C@@H]5CC(=O)N(C)C[C@@H]5F)cccc4c3SC(F)(F)F)no2)NC1=O. The Kier molecular flexibility index (Phi) is 6.79. The lowest BCUT2D eigenvalue weighted by Crippen LogP contribution is -2.49. The number of likely N-dealkylation sites (tertiary alicyclic amines) is 1. The maximum absolute atomic E-state index is 14.7. The third kappa shape index (κ3) is 5.11. The van der Waals surface area contributed by atoms with Crippen LogP contribution >= 0.6 is 23.1 Å². The van der Waals surface area contributed by atoms with Crippen molar-refractivity contribution < 1.29 is 36.4 Å². The van der Waals surface area contributed by atoms with E-state index in [0.29, 0.717) is 10.4 Å².